The van der Waals surface area contributed by atoms with Crippen molar-refractivity contribution in [2.75, 3.05) is 0 Å². The van der Waals surface area contributed by atoms with Gasteiger partial charge in [0.25, 0.3) is 0 Å². The minimum atomic E-state index is -0.212. The fraction of sp³-hybridized carbons (Fsp3) is 0.812. The van der Waals surface area contributed by atoms with Crippen LogP contribution in [0.2, 0.25) is 0 Å². The van der Waals surface area contributed by atoms with E-state index in [9.17, 15) is 5.11 Å². The Hall–Kier alpha value is -0.830. The van der Waals surface area contributed by atoms with Gasteiger partial charge >= 0.3 is 0 Å². The van der Waals surface area contributed by atoms with Crippen LogP contribution in [0.5, 0.6) is 0 Å². The van der Waals surface area contributed by atoms with Crippen LogP contribution in [0.1, 0.15) is 50.1 Å². The van der Waals surface area contributed by atoms with Crippen LogP contribution in [0, 0.1) is 31.6 Å². The molecule has 1 heterocycles. The highest BCUT2D eigenvalue weighted by molar-refractivity contribution is 5.25. The molecule has 0 bridgehead atoms. The average molecular weight is 264 g/mol. The third-order valence-corrected chi connectivity index (χ3v) is 5.26. The van der Waals surface area contributed by atoms with Gasteiger partial charge in [-0.1, -0.05) is 20.3 Å². The first-order chi connectivity index (χ1) is 8.90. The van der Waals surface area contributed by atoms with E-state index in [1.807, 2.05) is 18.7 Å². The third-order valence-electron chi connectivity index (χ3n) is 5.26. The van der Waals surface area contributed by atoms with Gasteiger partial charge in [0.1, 0.15) is 0 Å². The lowest BCUT2D eigenvalue weighted by atomic mass is 9.73. The zero-order valence-electron chi connectivity index (χ0n) is 13.0. The van der Waals surface area contributed by atoms with Crippen LogP contribution in [0.15, 0.2) is 0 Å². The molecule has 1 aromatic heterocycles. The standard InChI is InChI=1S/C16H28N2O/c1-10-6-7-14(8-11(10)2)16(19)9-15-12(3)17-18(5)13(15)4/h10-11,14,16,19H,6-9H2,1-5H3. The maximum Gasteiger partial charge on any atom is 0.0629 e. The van der Waals surface area contributed by atoms with Crippen molar-refractivity contribution < 1.29 is 5.11 Å². The lowest BCUT2D eigenvalue weighted by Crippen LogP contribution is -2.31. The molecule has 1 saturated carbocycles. The quantitative estimate of drug-likeness (QED) is 0.911. The van der Waals surface area contributed by atoms with Crippen molar-refractivity contribution >= 4 is 0 Å². The molecular formula is C16H28N2O. The normalized spacial score (nSPS) is 29.5. The van der Waals surface area contributed by atoms with Crippen molar-refractivity contribution in [1.29, 1.82) is 0 Å². The van der Waals surface area contributed by atoms with Crippen molar-refractivity contribution in [2.45, 2.75) is 59.5 Å². The Morgan fingerprint density at radius 1 is 1.26 bits per heavy atom. The van der Waals surface area contributed by atoms with Crippen molar-refractivity contribution in [2.24, 2.45) is 24.8 Å². The molecule has 4 atom stereocenters. The van der Waals surface area contributed by atoms with Crippen molar-refractivity contribution in [3.05, 3.63) is 17.0 Å². The minimum absolute atomic E-state index is 0.212. The van der Waals surface area contributed by atoms with E-state index in [1.165, 1.54) is 30.5 Å². The number of aliphatic hydroxyl groups is 1. The number of aromatic nitrogens is 2. The second-order valence-electron chi connectivity index (χ2n) is 6.57. The van der Waals surface area contributed by atoms with Gasteiger partial charge in [0, 0.05) is 19.2 Å². The molecule has 19 heavy (non-hydrogen) atoms. The molecule has 1 aromatic rings. The average Bonchev–Trinajstić information content (AvgIpc) is 2.59. The van der Waals surface area contributed by atoms with Gasteiger partial charge in [0.05, 0.1) is 11.8 Å². The van der Waals surface area contributed by atoms with E-state index >= 15 is 0 Å². The van der Waals surface area contributed by atoms with E-state index in [-0.39, 0.29) is 6.10 Å². The summed E-state index contributed by atoms with van der Waals surface area (Å²) in [4.78, 5) is 0. The number of hydrogen-bond donors (Lipinski definition) is 1. The summed E-state index contributed by atoms with van der Waals surface area (Å²) in [5.74, 6) is 2.01. The SMILES string of the molecule is Cc1nn(C)c(C)c1CC(O)C1CCC(C)C(C)C1. The molecule has 1 aliphatic carbocycles. The highest BCUT2D eigenvalue weighted by Gasteiger charge is 2.30. The van der Waals surface area contributed by atoms with Gasteiger partial charge in [-0.2, -0.15) is 5.10 Å². The van der Waals surface area contributed by atoms with Crippen LogP contribution < -0.4 is 0 Å². The summed E-state index contributed by atoms with van der Waals surface area (Å²) < 4.78 is 1.92. The Bertz CT molecular complexity index is 438. The zero-order valence-corrected chi connectivity index (χ0v) is 13.0. The van der Waals surface area contributed by atoms with E-state index in [0.717, 1.165) is 24.0 Å². The Balaban J connectivity index is 2.03. The largest absolute Gasteiger partial charge is 0.392 e. The summed E-state index contributed by atoms with van der Waals surface area (Å²) in [7, 11) is 1.97. The van der Waals surface area contributed by atoms with Gasteiger partial charge in [-0.25, -0.2) is 0 Å². The van der Waals surface area contributed by atoms with E-state index < -0.39 is 0 Å². The van der Waals surface area contributed by atoms with Gasteiger partial charge < -0.3 is 5.11 Å². The number of rotatable bonds is 3. The monoisotopic (exact) mass is 264 g/mol. The van der Waals surface area contributed by atoms with E-state index in [1.54, 1.807) is 0 Å². The highest BCUT2D eigenvalue weighted by Crippen LogP contribution is 2.36. The molecule has 0 saturated heterocycles. The molecule has 1 fully saturated rings. The number of aliphatic hydroxyl groups excluding tert-OH is 1. The van der Waals surface area contributed by atoms with E-state index in [2.05, 4.69) is 25.9 Å². The van der Waals surface area contributed by atoms with Gasteiger partial charge in [0.15, 0.2) is 0 Å². The van der Waals surface area contributed by atoms with Crippen LogP contribution in [0.3, 0.4) is 0 Å². The molecule has 0 radical (unpaired) electrons. The first-order valence-corrected chi connectivity index (χ1v) is 7.57. The molecule has 108 valence electrons. The van der Waals surface area contributed by atoms with Crippen LogP contribution in [0.25, 0.3) is 0 Å². The maximum atomic E-state index is 10.6. The zero-order chi connectivity index (χ0) is 14.2. The Labute approximate surface area is 117 Å². The molecule has 1 N–H and O–H groups in total. The van der Waals surface area contributed by atoms with Crippen LogP contribution in [0.4, 0.5) is 0 Å². The van der Waals surface area contributed by atoms with Crippen LogP contribution in [-0.2, 0) is 13.5 Å². The van der Waals surface area contributed by atoms with Gasteiger partial charge in [-0.05, 0) is 50.0 Å². The smallest absolute Gasteiger partial charge is 0.0629 e. The molecule has 0 aliphatic heterocycles. The fourth-order valence-electron chi connectivity index (χ4n) is 3.43. The molecule has 0 aromatic carbocycles. The summed E-state index contributed by atoms with van der Waals surface area (Å²) in [6.07, 6.45) is 4.15. The predicted octanol–water partition coefficient (Wildman–Crippen LogP) is 3.01. The molecule has 1 aliphatic rings. The van der Waals surface area contributed by atoms with E-state index in [0.29, 0.717) is 5.92 Å². The molecular weight excluding hydrogens is 236 g/mol. The lowest BCUT2D eigenvalue weighted by molar-refractivity contribution is 0.0568. The second-order valence-corrected chi connectivity index (χ2v) is 6.57. The van der Waals surface area contributed by atoms with E-state index in [4.69, 9.17) is 0 Å². The molecule has 0 amide bonds. The summed E-state index contributed by atoms with van der Waals surface area (Å²) in [6, 6.07) is 0. The summed E-state index contributed by atoms with van der Waals surface area (Å²) >= 11 is 0. The fourth-order valence-corrected chi connectivity index (χ4v) is 3.43. The molecule has 4 unspecified atom stereocenters. The molecule has 2 rings (SSSR count). The minimum Gasteiger partial charge on any atom is -0.392 e. The van der Waals surface area contributed by atoms with Crippen molar-refractivity contribution in [3.8, 4) is 0 Å². The van der Waals surface area contributed by atoms with Crippen LogP contribution >= 0.6 is 0 Å². The lowest BCUT2D eigenvalue weighted by Gasteiger charge is -2.34. The van der Waals surface area contributed by atoms with Crippen molar-refractivity contribution in [1.82, 2.24) is 9.78 Å². The summed E-state index contributed by atoms with van der Waals surface area (Å²) in [5.41, 5.74) is 3.49. The van der Waals surface area contributed by atoms with Gasteiger partial charge in [-0.15, -0.1) is 0 Å². The Morgan fingerprint density at radius 2 is 1.95 bits per heavy atom. The maximum absolute atomic E-state index is 10.6. The number of nitrogens with zero attached hydrogens (tertiary/aromatic N) is 2. The second kappa shape index (κ2) is 5.66. The number of hydrogen-bond acceptors (Lipinski definition) is 2. The number of aryl methyl sites for hydroxylation is 2. The topological polar surface area (TPSA) is 38.0 Å². The summed E-state index contributed by atoms with van der Waals surface area (Å²) in [6.45, 7) is 8.79. The van der Waals surface area contributed by atoms with Gasteiger partial charge in [-0.3, -0.25) is 4.68 Å². The summed E-state index contributed by atoms with van der Waals surface area (Å²) in [5, 5.41) is 15.0. The van der Waals surface area contributed by atoms with Gasteiger partial charge in [0.2, 0.25) is 0 Å². The molecule has 3 heteroatoms. The Morgan fingerprint density at radius 3 is 2.47 bits per heavy atom. The third kappa shape index (κ3) is 3.02. The van der Waals surface area contributed by atoms with Crippen LogP contribution in [-0.4, -0.2) is 21.0 Å². The Kier molecular flexibility index (Phi) is 4.34. The first kappa shape index (κ1) is 14.6. The highest BCUT2D eigenvalue weighted by atomic mass is 16.3. The molecule has 0 spiro atoms. The predicted molar refractivity (Wildman–Crippen MR) is 78.1 cm³/mol. The molecule has 3 nitrogen and oxygen atoms in total. The van der Waals surface area contributed by atoms with Crippen molar-refractivity contribution in [3.63, 3.8) is 0 Å². The first-order valence-electron chi connectivity index (χ1n) is 7.57.